The predicted molar refractivity (Wildman–Crippen MR) is 57.8 cm³/mol. The van der Waals surface area contributed by atoms with Crippen LogP contribution in [0.5, 0.6) is 0 Å². The molecule has 1 aliphatic heterocycles. The normalized spacial score (nSPS) is 24.4. The molecular weight excluding hydrogens is 214 g/mol. The number of hydrogen-bond acceptors (Lipinski definition) is 3. The molecule has 2 aliphatic rings. The van der Waals surface area contributed by atoms with Crippen molar-refractivity contribution in [3.8, 4) is 0 Å². The minimum atomic E-state index is -1.07. The van der Waals surface area contributed by atoms with Crippen LogP contribution >= 0.6 is 11.8 Å². The van der Waals surface area contributed by atoms with Crippen LogP contribution in [-0.4, -0.2) is 46.5 Å². The van der Waals surface area contributed by atoms with Crippen LogP contribution in [0.3, 0.4) is 0 Å². The zero-order valence-electron chi connectivity index (χ0n) is 8.57. The molecule has 5 heteroatoms. The van der Waals surface area contributed by atoms with Crippen molar-refractivity contribution < 1.29 is 14.7 Å². The van der Waals surface area contributed by atoms with Crippen LogP contribution in [-0.2, 0) is 9.59 Å². The minimum Gasteiger partial charge on any atom is -0.480 e. The van der Waals surface area contributed by atoms with Crippen molar-refractivity contribution in [3.63, 3.8) is 0 Å². The average Bonchev–Trinajstić information content (AvgIpc) is 2.16. The second kappa shape index (κ2) is 4.04. The molecule has 0 aromatic carbocycles. The van der Waals surface area contributed by atoms with Crippen LogP contribution in [0.25, 0.3) is 0 Å². The zero-order valence-corrected chi connectivity index (χ0v) is 9.39. The summed E-state index contributed by atoms with van der Waals surface area (Å²) in [7, 11) is 0. The first kappa shape index (κ1) is 10.8. The summed E-state index contributed by atoms with van der Waals surface area (Å²) in [5.74, 6) is 0.779. The van der Waals surface area contributed by atoms with E-state index >= 15 is 0 Å². The number of carboxylic acid groups (broad SMARTS) is 1. The molecule has 84 valence electrons. The van der Waals surface area contributed by atoms with Gasteiger partial charge in [-0.05, 0) is 12.8 Å². The van der Waals surface area contributed by atoms with Crippen LogP contribution in [0.15, 0.2) is 0 Å². The quantitative estimate of drug-likeness (QED) is 0.712. The molecule has 0 unspecified atom stereocenters. The molecule has 2 rings (SSSR count). The summed E-state index contributed by atoms with van der Waals surface area (Å²) < 4.78 is 0. The number of thioether (sulfide) groups is 1. The fraction of sp³-hybridized carbons (Fsp3) is 0.800. The molecule has 15 heavy (non-hydrogen) atoms. The lowest BCUT2D eigenvalue weighted by Gasteiger charge is -2.41. The number of nitrogens with zero attached hydrogens (tertiary/aromatic N) is 1. The topological polar surface area (TPSA) is 57.6 Å². The first-order chi connectivity index (χ1) is 7.17. The van der Waals surface area contributed by atoms with Gasteiger partial charge in [-0.1, -0.05) is 6.42 Å². The van der Waals surface area contributed by atoms with Crippen molar-refractivity contribution in [1.82, 2.24) is 4.90 Å². The molecule has 1 N–H and O–H groups in total. The fourth-order valence-corrected chi connectivity index (χ4v) is 3.02. The van der Waals surface area contributed by atoms with Gasteiger partial charge in [-0.25, -0.2) is 0 Å². The van der Waals surface area contributed by atoms with E-state index in [1.54, 1.807) is 4.90 Å². The Kier molecular flexibility index (Phi) is 2.91. The third-order valence-electron chi connectivity index (χ3n) is 3.32. The molecule has 2 fully saturated rings. The summed E-state index contributed by atoms with van der Waals surface area (Å²) in [5.41, 5.74) is -1.07. The second-order valence-electron chi connectivity index (χ2n) is 4.15. The van der Waals surface area contributed by atoms with Crippen LogP contribution in [0, 0.1) is 5.41 Å². The maximum absolute atomic E-state index is 12.1. The van der Waals surface area contributed by atoms with Crippen LogP contribution < -0.4 is 0 Å². The molecule has 0 aromatic rings. The predicted octanol–water partition coefficient (Wildman–Crippen LogP) is 0.817. The molecule has 0 radical (unpaired) electrons. The van der Waals surface area contributed by atoms with Crippen LogP contribution in [0.4, 0.5) is 0 Å². The standard InChI is InChI=1S/C10H15NO3S/c12-8(11-4-6-15-7-5-11)10(9(13)14)2-1-3-10/h1-7H2,(H,13,14). The maximum atomic E-state index is 12.1. The van der Waals surface area contributed by atoms with Crippen molar-refractivity contribution in [1.29, 1.82) is 0 Å². The number of carbonyl (C=O) groups excluding carboxylic acids is 1. The van der Waals surface area contributed by atoms with E-state index in [1.165, 1.54) is 0 Å². The summed E-state index contributed by atoms with van der Waals surface area (Å²) in [4.78, 5) is 24.9. The Balaban J connectivity index is 2.07. The smallest absolute Gasteiger partial charge is 0.319 e. The van der Waals surface area contributed by atoms with Gasteiger partial charge in [0.2, 0.25) is 5.91 Å². The van der Waals surface area contributed by atoms with Gasteiger partial charge in [0.1, 0.15) is 5.41 Å². The van der Waals surface area contributed by atoms with Gasteiger partial charge < -0.3 is 10.0 Å². The number of carbonyl (C=O) groups is 2. The van der Waals surface area contributed by atoms with E-state index in [2.05, 4.69) is 0 Å². The van der Waals surface area contributed by atoms with Gasteiger partial charge in [-0.2, -0.15) is 11.8 Å². The van der Waals surface area contributed by atoms with Gasteiger partial charge >= 0.3 is 5.97 Å². The molecule has 1 saturated carbocycles. The SMILES string of the molecule is O=C(O)C1(C(=O)N2CCSCC2)CCC1. The Morgan fingerprint density at radius 3 is 2.20 bits per heavy atom. The van der Waals surface area contributed by atoms with Crippen molar-refractivity contribution >= 4 is 23.6 Å². The molecular formula is C10H15NO3S. The highest BCUT2D eigenvalue weighted by atomic mass is 32.2. The highest BCUT2D eigenvalue weighted by Crippen LogP contribution is 2.43. The van der Waals surface area contributed by atoms with Crippen molar-refractivity contribution in [2.24, 2.45) is 5.41 Å². The van der Waals surface area contributed by atoms with Gasteiger partial charge in [-0.3, -0.25) is 9.59 Å². The Morgan fingerprint density at radius 2 is 1.80 bits per heavy atom. The van der Waals surface area contributed by atoms with Gasteiger partial charge in [0.25, 0.3) is 0 Å². The van der Waals surface area contributed by atoms with E-state index in [-0.39, 0.29) is 5.91 Å². The lowest BCUT2D eigenvalue weighted by Crippen LogP contribution is -2.54. The third kappa shape index (κ3) is 1.73. The maximum Gasteiger partial charge on any atom is 0.319 e. The molecule has 0 aromatic heterocycles. The van der Waals surface area contributed by atoms with Gasteiger partial charge in [-0.15, -0.1) is 0 Å². The van der Waals surface area contributed by atoms with E-state index in [4.69, 9.17) is 5.11 Å². The summed E-state index contributed by atoms with van der Waals surface area (Å²) >= 11 is 1.82. The zero-order chi connectivity index (χ0) is 10.9. The lowest BCUT2D eigenvalue weighted by atomic mass is 9.67. The Bertz CT molecular complexity index is 282. The Hall–Kier alpha value is -0.710. The van der Waals surface area contributed by atoms with Crippen LogP contribution in [0.1, 0.15) is 19.3 Å². The monoisotopic (exact) mass is 229 g/mol. The first-order valence-corrected chi connectivity index (χ1v) is 6.43. The average molecular weight is 229 g/mol. The second-order valence-corrected chi connectivity index (χ2v) is 5.37. The molecule has 1 saturated heterocycles. The summed E-state index contributed by atoms with van der Waals surface area (Å²) in [6.45, 7) is 1.41. The Labute approximate surface area is 93.0 Å². The van der Waals surface area contributed by atoms with Gasteiger partial charge in [0.05, 0.1) is 0 Å². The molecule has 4 nitrogen and oxygen atoms in total. The molecule has 0 bridgehead atoms. The van der Waals surface area contributed by atoms with Crippen molar-refractivity contribution in [2.45, 2.75) is 19.3 Å². The first-order valence-electron chi connectivity index (χ1n) is 5.27. The Morgan fingerprint density at radius 1 is 1.20 bits per heavy atom. The molecule has 1 aliphatic carbocycles. The minimum absolute atomic E-state index is 0.151. The molecule has 1 amide bonds. The summed E-state index contributed by atoms with van der Waals surface area (Å²) in [6.07, 6.45) is 1.90. The largest absolute Gasteiger partial charge is 0.480 e. The molecule has 0 atom stereocenters. The van der Waals surface area contributed by atoms with E-state index in [1.807, 2.05) is 11.8 Å². The van der Waals surface area contributed by atoms with E-state index < -0.39 is 11.4 Å². The van der Waals surface area contributed by atoms with Gasteiger partial charge in [0, 0.05) is 24.6 Å². The van der Waals surface area contributed by atoms with Crippen LogP contribution in [0.2, 0.25) is 0 Å². The van der Waals surface area contributed by atoms with E-state index in [0.29, 0.717) is 25.9 Å². The number of carboxylic acids is 1. The number of amides is 1. The van der Waals surface area contributed by atoms with E-state index in [0.717, 1.165) is 17.9 Å². The van der Waals surface area contributed by atoms with Gasteiger partial charge in [0.15, 0.2) is 0 Å². The van der Waals surface area contributed by atoms with Crippen molar-refractivity contribution in [3.05, 3.63) is 0 Å². The third-order valence-corrected chi connectivity index (χ3v) is 4.27. The van der Waals surface area contributed by atoms with Crippen molar-refractivity contribution in [2.75, 3.05) is 24.6 Å². The molecule has 0 spiro atoms. The number of rotatable bonds is 2. The number of aliphatic carboxylic acids is 1. The number of hydrogen-bond donors (Lipinski definition) is 1. The highest BCUT2D eigenvalue weighted by Gasteiger charge is 2.52. The van der Waals surface area contributed by atoms with E-state index in [9.17, 15) is 9.59 Å². The fourth-order valence-electron chi connectivity index (χ4n) is 2.12. The summed E-state index contributed by atoms with van der Waals surface area (Å²) in [5, 5.41) is 9.13. The summed E-state index contributed by atoms with van der Waals surface area (Å²) in [6, 6.07) is 0. The lowest BCUT2D eigenvalue weighted by molar-refractivity contribution is -0.167. The molecule has 1 heterocycles. The highest BCUT2D eigenvalue weighted by molar-refractivity contribution is 7.99.